The number of carbonyl (C=O) groups excluding carboxylic acids is 1. The summed E-state index contributed by atoms with van der Waals surface area (Å²) < 4.78 is 22.5. The molecule has 2 rings (SSSR count). The predicted octanol–water partition coefficient (Wildman–Crippen LogP) is 2.87. The molecule has 318 valence electrons. The molecule has 2 heterocycles. The Hall–Kier alpha value is -1.27. The molecule has 2 fully saturated rings. The third kappa shape index (κ3) is 17.9. The minimum atomic E-state index is -1.78. The quantitative estimate of drug-likeness (QED) is 0.0378. The maximum Gasteiger partial charge on any atom is 0.220 e. The van der Waals surface area contributed by atoms with E-state index >= 15 is 0 Å². The van der Waals surface area contributed by atoms with E-state index in [0.717, 1.165) is 38.5 Å². The Balaban J connectivity index is 1.95. The van der Waals surface area contributed by atoms with Gasteiger partial charge in [0.25, 0.3) is 0 Å². The van der Waals surface area contributed by atoms with Crippen molar-refractivity contribution in [1.82, 2.24) is 5.32 Å². The number of nitrogens with one attached hydrogen (secondary N) is 1. The summed E-state index contributed by atoms with van der Waals surface area (Å²) in [4.78, 5) is 13.0. The third-order valence-corrected chi connectivity index (χ3v) is 10.5. The fourth-order valence-corrected chi connectivity index (χ4v) is 6.94. The van der Waals surface area contributed by atoms with Crippen molar-refractivity contribution in [2.45, 2.75) is 216 Å². The standard InChI is InChI=1S/C40H75NO13/c1-3-5-7-9-11-13-14-15-16-17-19-21-23-29(44)28(41-32(45)24-22-20-18-12-10-8-6-4-2)27-51-39-37(50)35(48)38(31(26-43)53-39)54-40-36(49)34(47)33(46)30(25-42)52-40/h21,23,28-31,33-40,42-44,46-50H,3-20,22,24-27H2,1-2H3,(H,41,45)/b23-21+/t28-,29+,30+,31+,33-,34?,35?,36?,37?,38+,39+,40-/m0/s1. The molecule has 4 unspecified atom stereocenters. The van der Waals surface area contributed by atoms with Gasteiger partial charge in [-0.1, -0.05) is 129 Å². The van der Waals surface area contributed by atoms with Crippen LogP contribution in [0.2, 0.25) is 0 Å². The van der Waals surface area contributed by atoms with E-state index < -0.39 is 86.8 Å². The second-order valence-electron chi connectivity index (χ2n) is 15.1. The lowest BCUT2D eigenvalue weighted by molar-refractivity contribution is -0.359. The molecular formula is C40H75NO13. The lowest BCUT2D eigenvalue weighted by Gasteiger charge is -2.46. The highest BCUT2D eigenvalue weighted by Gasteiger charge is 2.50. The van der Waals surface area contributed by atoms with E-state index in [1.807, 2.05) is 6.08 Å². The third-order valence-electron chi connectivity index (χ3n) is 10.5. The molecule has 0 aromatic heterocycles. The van der Waals surface area contributed by atoms with E-state index in [0.29, 0.717) is 6.42 Å². The van der Waals surface area contributed by atoms with E-state index in [2.05, 4.69) is 19.2 Å². The Bertz CT molecular complexity index is 972. The van der Waals surface area contributed by atoms with Gasteiger partial charge in [0.1, 0.15) is 48.8 Å². The molecule has 0 saturated carbocycles. The smallest absolute Gasteiger partial charge is 0.220 e. The summed E-state index contributed by atoms with van der Waals surface area (Å²) in [6, 6.07) is -0.904. The van der Waals surface area contributed by atoms with E-state index in [4.69, 9.17) is 18.9 Å². The van der Waals surface area contributed by atoms with Crippen LogP contribution in [0.15, 0.2) is 12.2 Å². The largest absolute Gasteiger partial charge is 0.394 e. The Morgan fingerprint density at radius 1 is 0.648 bits per heavy atom. The first-order chi connectivity index (χ1) is 26.1. The zero-order chi connectivity index (χ0) is 39.7. The van der Waals surface area contributed by atoms with E-state index in [1.54, 1.807) is 6.08 Å². The van der Waals surface area contributed by atoms with Gasteiger partial charge in [-0.25, -0.2) is 0 Å². The molecule has 9 N–H and O–H groups in total. The Kier molecular flexibility index (Phi) is 26.3. The normalized spacial score (nSPS) is 30.1. The van der Waals surface area contributed by atoms with Crippen molar-refractivity contribution in [1.29, 1.82) is 0 Å². The van der Waals surface area contributed by atoms with Crippen molar-refractivity contribution in [3.63, 3.8) is 0 Å². The molecule has 2 aliphatic heterocycles. The zero-order valence-corrected chi connectivity index (χ0v) is 33.0. The van der Waals surface area contributed by atoms with Gasteiger partial charge in [-0.3, -0.25) is 4.79 Å². The molecule has 2 aliphatic rings. The van der Waals surface area contributed by atoms with Crippen molar-refractivity contribution in [3.05, 3.63) is 12.2 Å². The average Bonchev–Trinajstić information content (AvgIpc) is 3.17. The first-order valence-electron chi connectivity index (χ1n) is 20.9. The van der Waals surface area contributed by atoms with Gasteiger partial charge in [0, 0.05) is 6.42 Å². The second-order valence-corrected chi connectivity index (χ2v) is 15.1. The number of hydrogen-bond donors (Lipinski definition) is 9. The lowest BCUT2D eigenvalue weighted by atomic mass is 9.97. The van der Waals surface area contributed by atoms with Crippen LogP contribution < -0.4 is 5.32 Å². The Morgan fingerprint density at radius 3 is 1.70 bits per heavy atom. The molecule has 14 nitrogen and oxygen atoms in total. The van der Waals surface area contributed by atoms with Crippen LogP contribution in [0.1, 0.15) is 142 Å². The molecular weight excluding hydrogens is 702 g/mol. The molecule has 0 spiro atoms. The number of ether oxygens (including phenoxy) is 4. The number of aliphatic hydroxyl groups is 8. The molecule has 2 saturated heterocycles. The minimum absolute atomic E-state index is 0.247. The SMILES string of the molecule is CCCCCCCCCCCC/C=C/[C@@H](O)[C@H](CO[C@@H]1O[C@H](CO)[C@@H](O[C@@H]2O[C@H](CO)[C@H](O)C(O)C2O)C(O)C1O)NC(=O)CCCCCCCCCC. The highest BCUT2D eigenvalue weighted by Crippen LogP contribution is 2.30. The van der Waals surface area contributed by atoms with Gasteiger partial charge in [0.15, 0.2) is 12.6 Å². The molecule has 54 heavy (non-hydrogen) atoms. The van der Waals surface area contributed by atoms with Gasteiger partial charge >= 0.3 is 0 Å². The summed E-state index contributed by atoms with van der Waals surface area (Å²) in [6.07, 6.45) is 8.55. The molecule has 1 amide bonds. The zero-order valence-electron chi connectivity index (χ0n) is 33.0. The van der Waals surface area contributed by atoms with Crippen molar-refractivity contribution in [2.24, 2.45) is 0 Å². The van der Waals surface area contributed by atoms with Gasteiger partial charge < -0.3 is 65.1 Å². The minimum Gasteiger partial charge on any atom is -0.394 e. The second kappa shape index (κ2) is 29.0. The molecule has 12 atom stereocenters. The van der Waals surface area contributed by atoms with Crippen LogP contribution in [0.25, 0.3) is 0 Å². The van der Waals surface area contributed by atoms with Gasteiger partial charge in [0.05, 0.1) is 32.0 Å². The van der Waals surface area contributed by atoms with Crippen LogP contribution in [0.5, 0.6) is 0 Å². The van der Waals surface area contributed by atoms with E-state index in [1.165, 1.54) is 77.0 Å². The van der Waals surface area contributed by atoms with Crippen LogP contribution in [-0.4, -0.2) is 140 Å². The van der Waals surface area contributed by atoms with Gasteiger partial charge in [-0.2, -0.15) is 0 Å². The molecule has 0 radical (unpaired) electrons. The van der Waals surface area contributed by atoms with Gasteiger partial charge in [0.2, 0.25) is 5.91 Å². The van der Waals surface area contributed by atoms with Crippen LogP contribution in [0.3, 0.4) is 0 Å². The van der Waals surface area contributed by atoms with Crippen molar-refractivity contribution in [3.8, 4) is 0 Å². The topological polar surface area (TPSA) is 228 Å². The van der Waals surface area contributed by atoms with Crippen LogP contribution >= 0.6 is 0 Å². The van der Waals surface area contributed by atoms with Crippen LogP contribution in [0, 0.1) is 0 Å². The lowest BCUT2D eigenvalue weighted by Crippen LogP contribution is -2.65. The number of unbranched alkanes of at least 4 members (excludes halogenated alkanes) is 17. The molecule has 0 aromatic carbocycles. The summed E-state index contributed by atoms with van der Waals surface area (Å²) in [5, 5.41) is 86.1. The molecule has 0 aliphatic carbocycles. The van der Waals surface area contributed by atoms with Crippen molar-refractivity contribution in [2.75, 3.05) is 19.8 Å². The predicted molar refractivity (Wildman–Crippen MR) is 203 cm³/mol. The summed E-state index contributed by atoms with van der Waals surface area (Å²) in [5.74, 6) is -0.247. The first-order valence-corrected chi connectivity index (χ1v) is 20.9. The average molecular weight is 778 g/mol. The number of allylic oxidation sites excluding steroid dienone is 1. The summed E-state index contributed by atoms with van der Waals surface area (Å²) in [7, 11) is 0. The fourth-order valence-electron chi connectivity index (χ4n) is 6.94. The van der Waals surface area contributed by atoms with Gasteiger partial charge in [-0.05, 0) is 19.3 Å². The summed E-state index contributed by atoms with van der Waals surface area (Å²) in [6.45, 7) is 2.70. The highest BCUT2D eigenvalue weighted by molar-refractivity contribution is 5.76. The Labute approximate surface area is 323 Å². The maximum absolute atomic E-state index is 13.0. The van der Waals surface area contributed by atoms with Crippen molar-refractivity contribution < 1.29 is 64.6 Å². The fraction of sp³-hybridized carbons (Fsp3) is 0.925. The van der Waals surface area contributed by atoms with Crippen LogP contribution in [0.4, 0.5) is 0 Å². The Morgan fingerprint density at radius 2 is 1.15 bits per heavy atom. The van der Waals surface area contributed by atoms with Crippen molar-refractivity contribution >= 4 is 5.91 Å². The monoisotopic (exact) mass is 778 g/mol. The maximum atomic E-state index is 13.0. The summed E-state index contributed by atoms with van der Waals surface area (Å²) in [5.41, 5.74) is 0. The van der Waals surface area contributed by atoms with E-state index in [-0.39, 0.29) is 18.9 Å². The number of aliphatic hydroxyl groups excluding tert-OH is 8. The first kappa shape index (κ1) is 48.9. The van der Waals surface area contributed by atoms with Gasteiger partial charge in [-0.15, -0.1) is 0 Å². The summed E-state index contributed by atoms with van der Waals surface area (Å²) >= 11 is 0. The number of carbonyl (C=O) groups is 1. The number of hydrogen-bond acceptors (Lipinski definition) is 13. The number of amides is 1. The number of rotatable bonds is 30. The van der Waals surface area contributed by atoms with Crippen LogP contribution in [-0.2, 0) is 23.7 Å². The molecule has 0 aromatic rings. The highest BCUT2D eigenvalue weighted by atomic mass is 16.7. The molecule has 14 heteroatoms. The molecule has 0 bridgehead atoms. The van der Waals surface area contributed by atoms with E-state index in [9.17, 15) is 45.6 Å².